The fourth-order valence-corrected chi connectivity index (χ4v) is 1.29. The molecule has 0 spiro atoms. The fourth-order valence-electron chi connectivity index (χ4n) is 1.29. The molecule has 0 bridgehead atoms. The van der Waals surface area contributed by atoms with E-state index in [0.29, 0.717) is 5.95 Å². The zero-order valence-corrected chi connectivity index (χ0v) is 7.88. The Hall–Kier alpha value is -1.91. The van der Waals surface area contributed by atoms with E-state index in [1.807, 2.05) is 18.2 Å². The summed E-state index contributed by atoms with van der Waals surface area (Å²) in [6.07, 6.45) is 0.982. The van der Waals surface area contributed by atoms with Gasteiger partial charge in [-0.2, -0.15) is 4.68 Å². The molecule has 0 unspecified atom stereocenters. The van der Waals surface area contributed by atoms with Crippen LogP contribution >= 0.6 is 0 Å². The number of rotatable bonds is 2. The minimum atomic E-state index is 0.304. The number of nitrogens with zero attached hydrogens (tertiary/aromatic N) is 4. The topological polar surface area (TPSA) is 69.6 Å². The second-order valence-corrected chi connectivity index (χ2v) is 2.97. The molecule has 1 aromatic carbocycles. The maximum Gasteiger partial charge on any atom is 0.245 e. The van der Waals surface area contributed by atoms with Crippen LogP contribution in [0.15, 0.2) is 24.3 Å². The summed E-state index contributed by atoms with van der Waals surface area (Å²) >= 11 is 0. The Balaban J connectivity index is 2.47. The van der Waals surface area contributed by atoms with Gasteiger partial charge in [-0.15, -0.1) is 0 Å². The van der Waals surface area contributed by atoms with Gasteiger partial charge in [-0.05, 0) is 34.5 Å². The summed E-state index contributed by atoms with van der Waals surface area (Å²) in [4.78, 5) is 0. The Morgan fingerprint density at radius 1 is 1.43 bits per heavy atom. The molecule has 0 fully saturated rings. The van der Waals surface area contributed by atoms with Gasteiger partial charge in [0.25, 0.3) is 0 Å². The lowest BCUT2D eigenvalue weighted by molar-refractivity contribution is 0.791. The van der Waals surface area contributed by atoms with Crippen LogP contribution in [-0.2, 0) is 6.42 Å². The van der Waals surface area contributed by atoms with Gasteiger partial charge >= 0.3 is 0 Å². The molecule has 0 atom stereocenters. The lowest BCUT2D eigenvalue weighted by atomic mass is 10.1. The molecule has 5 nitrogen and oxygen atoms in total. The highest BCUT2D eigenvalue weighted by Gasteiger charge is 2.03. The highest BCUT2D eigenvalue weighted by molar-refractivity contribution is 5.38. The van der Waals surface area contributed by atoms with Gasteiger partial charge in [0.15, 0.2) is 0 Å². The van der Waals surface area contributed by atoms with Crippen molar-refractivity contribution in [3.8, 4) is 5.69 Å². The quantitative estimate of drug-likeness (QED) is 0.758. The van der Waals surface area contributed by atoms with Gasteiger partial charge < -0.3 is 5.73 Å². The molecule has 5 heteroatoms. The maximum absolute atomic E-state index is 5.59. The predicted molar refractivity (Wildman–Crippen MR) is 52.9 cm³/mol. The van der Waals surface area contributed by atoms with E-state index >= 15 is 0 Å². The van der Waals surface area contributed by atoms with Crippen LogP contribution in [0.1, 0.15) is 12.5 Å². The van der Waals surface area contributed by atoms with Gasteiger partial charge in [-0.1, -0.05) is 24.2 Å². The summed E-state index contributed by atoms with van der Waals surface area (Å²) in [6, 6.07) is 7.97. The van der Waals surface area contributed by atoms with Crippen LogP contribution in [0.4, 0.5) is 5.95 Å². The van der Waals surface area contributed by atoms with Gasteiger partial charge in [0.2, 0.25) is 5.95 Å². The fraction of sp³-hybridized carbons (Fsp3) is 0.222. The van der Waals surface area contributed by atoms with Crippen LogP contribution in [0, 0.1) is 0 Å². The van der Waals surface area contributed by atoms with E-state index in [2.05, 4.69) is 28.5 Å². The minimum Gasteiger partial charge on any atom is -0.366 e. The number of aryl methyl sites for hydroxylation is 1. The van der Waals surface area contributed by atoms with Gasteiger partial charge in [0.05, 0.1) is 5.69 Å². The van der Waals surface area contributed by atoms with Crippen molar-refractivity contribution in [2.24, 2.45) is 0 Å². The summed E-state index contributed by atoms with van der Waals surface area (Å²) in [5.41, 5.74) is 7.72. The van der Waals surface area contributed by atoms with Crippen LogP contribution in [0.3, 0.4) is 0 Å². The van der Waals surface area contributed by atoms with Crippen LogP contribution in [0.25, 0.3) is 5.69 Å². The average molecular weight is 189 g/mol. The number of benzene rings is 1. The van der Waals surface area contributed by atoms with Crippen molar-refractivity contribution < 1.29 is 0 Å². The molecule has 0 aliphatic rings. The van der Waals surface area contributed by atoms with Crippen LogP contribution in [0.2, 0.25) is 0 Å². The third-order valence-corrected chi connectivity index (χ3v) is 2.06. The summed E-state index contributed by atoms with van der Waals surface area (Å²) < 4.78 is 1.51. The van der Waals surface area contributed by atoms with Gasteiger partial charge in [-0.25, -0.2) is 0 Å². The largest absolute Gasteiger partial charge is 0.366 e. The van der Waals surface area contributed by atoms with Crippen molar-refractivity contribution in [1.29, 1.82) is 0 Å². The van der Waals surface area contributed by atoms with Crippen molar-refractivity contribution in [2.45, 2.75) is 13.3 Å². The van der Waals surface area contributed by atoms with E-state index in [1.165, 1.54) is 10.2 Å². The molecule has 0 aliphatic heterocycles. The summed E-state index contributed by atoms with van der Waals surface area (Å²) in [5.74, 6) is 0.304. The Kier molecular flexibility index (Phi) is 2.14. The van der Waals surface area contributed by atoms with E-state index in [1.54, 1.807) is 0 Å². The first-order valence-electron chi connectivity index (χ1n) is 4.44. The number of tetrazole rings is 1. The number of hydrogen-bond donors (Lipinski definition) is 1. The Morgan fingerprint density at radius 2 is 2.29 bits per heavy atom. The molecule has 0 saturated carbocycles. The molecule has 2 aromatic rings. The Labute approximate surface area is 81.5 Å². The molecule has 1 aromatic heterocycles. The van der Waals surface area contributed by atoms with E-state index in [9.17, 15) is 0 Å². The predicted octanol–water partition coefficient (Wildman–Crippen LogP) is 0.807. The molecular weight excluding hydrogens is 178 g/mol. The zero-order chi connectivity index (χ0) is 9.97. The van der Waals surface area contributed by atoms with Gasteiger partial charge in [0, 0.05) is 0 Å². The second-order valence-electron chi connectivity index (χ2n) is 2.97. The summed E-state index contributed by atoms with van der Waals surface area (Å²) in [5, 5.41) is 10.9. The number of nitrogen functional groups attached to an aromatic ring is 1. The molecule has 2 N–H and O–H groups in total. The second kappa shape index (κ2) is 3.45. The molecule has 14 heavy (non-hydrogen) atoms. The maximum atomic E-state index is 5.59. The van der Waals surface area contributed by atoms with E-state index in [0.717, 1.165) is 12.1 Å². The smallest absolute Gasteiger partial charge is 0.245 e. The average Bonchev–Trinajstić information content (AvgIpc) is 2.65. The third-order valence-electron chi connectivity index (χ3n) is 2.06. The van der Waals surface area contributed by atoms with Gasteiger partial charge in [-0.3, -0.25) is 0 Å². The van der Waals surface area contributed by atoms with Crippen LogP contribution in [-0.4, -0.2) is 20.2 Å². The standard InChI is InChI=1S/C9H11N5/c1-2-7-4-3-5-8(6-7)14-9(10)11-12-13-14/h3-6H,2H2,1H3,(H2,10,11,13). The molecule has 0 radical (unpaired) electrons. The monoisotopic (exact) mass is 189 g/mol. The molecule has 0 amide bonds. The Morgan fingerprint density at radius 3 is 2.93 bits per heavy atom. The zero-order valence-electron chi connectivity index (χ0n) is 7.88. The first kappa shape index (κ1) is 8.68. The number of nitrogens with two attached hydrogens (primary N) is 1. The van der Waals surface area contributed by atoms with E-state index in [-0.39, 0.29) is 0 Å². The lowest BCUT2D eigenvalue weighted by Crippen LogP contribution is -2.02. The molecule has 72 valence electrons. The Bertz CT molecular complexity index is 434. The van der Waals surface area contributed by atoms with Crippen LogP contribution in [0.5, 0.6) is 0 Å². The lowest BCUT2D eigenvalue weighted by Gasteiger charge is -2.02. The van der Waals surface area contributed by atoms with Crippen molar-refractivity contribution in [3.05, 3.63) is 29.8 Å². The number of aromatic nitrogens is 4. The molecule has 1 heterocycles. The van der Waals surface area contributed by atoms with Crippen LogP contribution < -0.4 is 5.73 Å². The SMILES string of the molecule is CCc1cccc(-n2nnnc2N)c1. The molecule has 0 aliphatic carbocycles. The summed E-state index contributed by atoms with van der Waals surface area (Å²) in [6.45, 7) is 2.10. The summed E-state index contributed by atoms with van der Waals surface area (Å²) in [7, 11) is 0. The van der Waals surface area contributed by atoms with Crippen molar-refractivity contribution in [2.75, 3.05) is 5.73 Å². The third kappa shape index (κ3) is 1.44. The van der Waals surface area contributed by atoms with Crippen molar-refractivity contribution >= 4 is 5.95 Å². The first-order valence-corrected chi connectivity index (χ1v) is 4.44. The van der Waals surface area contributed by atoms with E-state index in [4.69, 9.17) is 5.73 Å². The molecule has 0 saturated heterocycles. The van der Waals surface area contributed by atoms with Gasteiger partial charge in [0.1, 0.15) is 0 Å². The normalized spacial score (nSPS) is 10.4. The molecular formula is C9H11N5. The molecule has 2 rings (SSSR count). The number of anilines is 1. The minimum absolute atomic E-state index is 0.304. The van der Waals surface area contributed by atoms with Crippen molar-refractivity contribution in [3.63, 3.8) is 0 Å². The first-order chi connectivity index (χ1) is 6.81. The van der Waals surface area contributed by atoms with E-state index < -0.39 is 0 Å². The highest BCUT2D eigenvalue weighted by atomic mass is 15.6. The van der Waals surface area contributed by atoms with Crippen molar-refractivity contribution in [1.82, 2.24) is 20.2 Å². The number of hydrogen-bond acceptors (Lipinski definition) is 4. The highest BCUT2D eigenvalue weighted by Crippen LogP contribution is 2.11.